The van der Waals surface area contributed by atoms with Crippen molar-refractivity contribution in [2.24, 2.45) is 0 Å². The van der Waals surface area contributed by atoms with Gasteiger partial charge in [-0.25, -0.2) is 4.98 Å². The lowest BCUT2D eigenvalue weighted by molar-refractivity contribution is -0.137. The van der Waals surface area contributed by atoms with E-state index in [9.17, 15) is 13.2 Å². The predicted octanol–water partition coefficient (Wildman–Crippen LogP) is 4.05. The van der Waals surface area contributed by atoms with Crippen LogP contribution in [0.4, 0.5) is 19.0 Å². The van der Waals surface area contributed by atoms with E-state index in [0.29, 0.717) is 17.4 Å². The zero-order valence-electron chi connectivity index (χ0n) is 16.2. The number of aromatic nitrogens is 3. The van der Waals surface area contributed by atoms with Crippen LogP contribution in [0.25, 0.3) is 11.1 Å². The van der Waals surface area contributed by atoms with Gasteiger partial charge in [0.25, 0.3) is 0 Å². The third kappa shape index (κ3) is 4.56. The number of ether oxygens (including phenoxy) is 1. The summed E-state index contributed by atoms with van der Waals surface area (Å²) >= 11 is 0. The maximum absolute atomic E-state index is 12.7. The second kappa shape index (κ2) is 8.35. The molecule has 0 spiro atoms. The van der Waals surface area contributed by atoms with E-state index in [2.05, 4.69) is 15.4 Å². The molecule has 1 aliphatic rings. The molecule has 0 amide bonds. The van der Waals surface area contributed by atoms with Gasteiger partial charge < -0.3 is 15.8 Å². The van der Waals surface area contributed by atoms with Crippen molar-refractivity contribution in [3.8, 4) is 16.9 Å². The second-order valence-electron chi connectivity index (χ2n) is 7.28. The number of nitrogen functional groups attached to an aromatic ring is 1. The number of hydrogen-bond donors (Lipinski definition) is 2. The van der Waals surface area contributed by atoms with Crippen LogP contribution in [0, 0.1) is 0 Å². The van der Waals surface area contributed by atoms with Crippen molar-refractivity contribution in [1.29, 1.82) is 0 Å². The van der Waals surface area contributed by atoms with Gasteiger partial charge >= 0.3 is 6.18 Å². The molecule has 1 aliphatic heterocycles. The number of piperidine rings is 1. The normalized spacial score (nSPS) is 15.3. The van der Waals surface area contributed by atoms with Crippen LogP contribution in [-0.2, 0) is 12.8 Å². The Morgan fingerprint density at radius 2 is 1.83 bits per heavy atom. The van der Waals surface area contributed by atoms with Crippen LogP contribution in [0.1, 0.15) is 30.0 Å². The highest BCUT2D eigenvalue weighted by molar-refractivity contribution is 5.65. The van der Waals surface area contributed by atoms with Gasteiger partial charge in [-0.2, -0.15) is 18.3 Å². The van der Waals surface area contributed by atoms with Crippen molar-refractivity contribution < 1.29 is 17.9 Å². The van der Waals surface area contributed by atoms with Crippen LogP contribution < -0.4 is 15.8 Å². The minimum atomic E-state index is -4.36. The van der Waals surface area contributed by atoms with Crippen molar-refractivity contribution in [3.63, 3.8) is 0 Å². The number of nitrogens with one attached hydrogen (secondary N) is 1. The van der Waals surface area contributed by atoms with Gasteiger partial charge in [-0.05, 0) is 49.7 Å². The fourth-order valence-corrected chi connectivity index (χ4v) is 3.44. The predicted molar refractivity (Wildman–Crippen MR) is 107 cm³/mol. The first kappa shape index (κ1) is 20.2. The summed E-state index contributed by atoms with van der Waals surface area (Å²) in [4.78, 5) is 4.19. The summed E-state index contributed by atoms with van der Waals surface area (Å²) in [6.45, 7) is 2.04. The number of rotatable bonds is 5. The number of nitrogens with two attached hydrogens (primary N) is 1. The molecule has 30 heavy (non-hydrogen) atoms. The van der Waals surface area contributed by atoms with Crippen LogP contribution in [0.2, 0.25) is 0 Å². The van der Waals surface area contributed by atoms with Crippen LogP contribution in [0.3, 0.4) is 0 Å². The van der Waals surface area contributed by atoms with Crippen molar-refractivity contribution in [2.45, 2.75) is 31.7 Å². The molecule has 6 nitrogen and oxygen atoms in total. The molecule has 1 saturated heterocycles. The number of halogens is 3. The SMILES string of the molecule is Nc1ncc(-c2cnn(C3CCNCC3)c2)cc1OCc1ccc(C(F)(F)F)cc1. The maximum atomic E-state index is 12.7. The van der Waals surface area contributed by atoms with E-state index >= 15 is 0 Å². The lowest BCUT2D eigenvalue weighted by Crippen LogP contribution is -2.29. The molecule has 0 aliphatic carbocycles. The Balaban J connectivity index is 1.46. The summed E-state index contributed by atoms with van der Waals surface area (Å²) in [5.41, 5.74) is 7.55. The topological polar surface area (TPSA) is 78.0 Å². The molecule has 1 fully saturated rings. The van der Waals surface area contributed by atoms with Crippen molar-refractivity contribution in [3.05, 3.63) is 60.0 Å². The van der Waals surface area contributed by atoms with Gasteiger partial charge in [0.05, 0.1) is 17.8 Å². The smallest absolute Gasteiger partial charge is 0.416 e. The number of anilines is 1. The molecule has 3 N–H and O–H groups in total. The fourth-order valence-electron chi connectivity index (χ4n) is 3.44. The Bertz CT molecular complexity index is 995. The Labute approximate surface area is 171 Å². The van der Waals surface area contributed by atoms with Crippen LogP contribution in [-0.4, -0.2) is 27.9 Å². The molecule has 158 valence electrons. The lowest BCUT2D eigenvalue weighted by Gasteiger charge is -2.22. The number of benzene rings is 1. The summed E-state index contributed by atoms with van der Waals surface area (Å²) in [6.07, 6.45) is 3.13. The molecular formula is C21H22F3N5O. The Morgan fingerprint density at radius 3 is 2.53 bits per heavy atom. The van der Waals surface area contributed by atoms with E-state index in [1.165, 1.54) is 12.1 Å². The van der Waals surface area contributed by atoms with E-state index in [4.69, 9.17) is 10.5 Å². The first-order chi connectivity index (χ1) is 14.4. The molecule has 3 aromatic rings. The molecule has 2 aromatic heterocycles. The van der Waals surface area contributed by atoms with E-state index in [1.54, 1.807) is 18.5 Å². The van der Waals surface area contributed by atoms with E-state index in [1.807, 2.05) is 10.9 Å². The summed E-state index contributed by atoms with van der Waals surface area (Å²) < 4.78 is 45.8. The summed E-state index contributed by atoms with van der Waals surface area (Å²) in [5.74, 6) is 0.596. The number of pyridine rings is 1. The molecule has 0 saturated carbocycles. The van der Waals surface area contributed by atoms with Crippen molar-refractivity contribution in [2.75, 3.05) is 18.8 Å². The zero-order chi connectivity index (χ0) is 21.1. The average Bonchev–Trinajstić information content (AvgIpc) is 3.24. The highest BCUT2D eigenvalue weighted by atomic mass is 19.4. The first-order valence-corrected chi connectivity index (χ1v) is 9.70. The molecule has 4 rings (SSSR count). The molecule has 0 atom stereocenters. The third-order valence-corrected chi connectivity index (χ3v) is 5.18. The molecule has 3 heterocycles. The minimum absolute atomic E-state index is 0.0851. The number of alkyl halides is 3. The molecule has 9 heteroatoms. The quantitative estimate of drug-likeness (QED) is 0.655. The molecule has 0 unspecified atom stereocenters. The number of hydrogen-bond acceptors (Lipinski definition) is 5. The minimum Gasteiger partial charge on any atom is -0.485 e. The standard InChI is InChI=1S/C21H22F3N5O/c22-21(23,24)17-3-1-14(2-4-17)13-30-19-9-15(10-27-20(19)25)16-11-28-29(12-16)18-5-7-26-8-6-18/h1-4,9-12,18,26H,5-8,13H2,(H2,25,27). The fraction of sp³-hybridized carbons (Fsp3) is 0.333. The Hall–Kier alpha value is -3.07. The second-order valence-corrected chi connectivity index (χ2v) is 7.28. The third-order valence-electron chi connectivity index (χ3n) is 5.18. The summed E-state index contributed by atoms with van der Waals surface area (Å²) in [7, 11) is 0. The van der Waals surface area contributed by atoms with Gasteiger partial charge in [0.1, 0.15) is 6.61 Å². The van der Waals surface area contributed by atoms with Crippen LogP contribution in [0.5, 0.6) is 5.75 Å². The average molecular weight is 417 g/mol. The highest BCUT2D eigenvalue weighted by Gasteiger charge is 2.29. The van der Waals surface area contributed by atoms with Crippen molar-refractivity contribution >= 4 is 5.82 Å². The Kier molecular flexibility index (Phi) is 5.63. The Morgan fingerprint density at radius 1 is 1.10 bits per heavy atom. The first-order valence-electron chi connectivity index (χ1n) is 9.70. The van der Waals surface area contributed by atoms with Gasteiger partial charge in [-0.15, -0.1) is 0 Å². The molecule has 0 radical (unpaired) electrons. The van der Waals surface area contributed by atoms with Gasteiger partial charge in [0, 0.05) is 23.5 Å². The number of nitrogens with zero attached hydrogens (tertiary/aromatic N) is 3. The molecule has 1 aromatic carbocycles. The monoisotopic (exact) mass is 417 g/mol. The van der Waals surface area contributed by atoms with Crippen LogP contribution in [0.15, 0.2) is 48.9 Å². The maximum Gasteiger partial charge on any atom is 0.416 e. The van der Waals surface area contributed by atoms with E-state index < -0.39 is 11.7 Å². The van der Waals surface area contributed by atoms with Crippen molar-refractivity contribution in [1.82, 2.24) is 20.1 Å². The van der Waals surface area contributed by atoms with Gasteiger partial charge in [-0.1, -0.05) is 12.1 Å². The molecule has 0 bridgehead atoms. The van der Waals surface area contributed by atoms with Gasteiger partial charge in [-0.3, -0.25) is 4.68 Å². The lowest BCUT2D eigenvalue weighted by atomic mass is 10.1. The highest BCUT2D eigenvalue weighted by Crippen LogP contribution is 2.31. The summed E-state index contributed by atoms with van der Waals surface area (Å²) in [5, 5.41) is 7.82. The molecular weight excluding hydrogens is 395 g/mol. The van der Waals surface area contributed by atoms with E-state index in [0.717, 1.165) is 49.2 Å². The van der Waals surface area contributed by atoms with E-state index in [-0.39, 0.29) is 12.4 Å². The van der Waals surface area contributed by atoms with Crippen LogP contribution >= 0.6 is 0 Å². The largest absolute Gasteiger partial charge is 0.485 e. The van der Waals surface area contributed by atoms with Gasteiger partial charge in [0.2, 0.25) is 0 Å². The van der Waals surface area contributed by atoms with Gasteiger partial charge in [0.15, 0.2) is 11.6 Å². The summed E-state index contributed by atoms with van der Waals surface area (Å²) in [6, 6.07) is 6.99. The zero-order valence-corrected chi connectivity index (χ0v) is 16.2.